The highest BCUT2D eigenvalue weighted by Gasteiger charge is 2.23. The molecule has 0 atom stereocenters. The molecule has 1 aromatic rings. The Hall–Kier alpha value is -1.95. The van der Waals surface area contributed by atoms with Gasteiger partial charge >= 0.3 is 0 Å². The lowest BCUT2D eigenvalue weighted by Gasteiger charge is -2.32. The summed E-state index contributed by atoms with van der Waals surface area (Å²) in [6.07, 6.45) is 2.65. The van der Waals surface area contributed by atoms with Crippen LogP contribution < -0.4 is 14.8 Å². The molecular formula is C19H27ClN2O4. The summed E-state index contributed by atoms with van der Waals surface area (Å²) in [7, 11) is 1.61. The molecule has 1 saturated heterocycles. The minimum absolute atomic E-state index is 0.0231. The highest BCUT2D eigenvalue weighted by atomic mass is 35.5. The quantitative estimate of drug-likeness (QED) is 0.701. The third kappa shape index (κ3) is 5.80. The van der Waals surface area contributed by atoms with Crippen LogP contribution in [0.5, 0.6) is 11.5 Å². The Labute approximate surface area is 159 Å². The second-order valence-electron chi connectivity index (χ2n) is 6.27. The molecule has 26 heavy (non-hydrogen) atoms. The summed E-state index contributed by atoms with van der Waals surface area (Å²) in [4.78, 5) is 25.6. The molecule has 0 unspecified atom stereocenters. The number of piperidine rings is 1. The van der Waals surface area contributed by atoms with E-state index in [0.717, 1.165) is 18.4 Å². The van der Waals surface area contributed by atoms with Crippen molar-refractivity contribution >= 4 is 23.4 Å². The zero-order chi connectivity index (χ0) is 18.9. The third-order valence-electron chi connectivity index (χ3n) is 4.49. The number of hydrogen-bond donors (Lipinski definition) is 1. The first-order chi connectivity index (χ1) is 12.6. The van der Waals surface area contributed by atoms with Crippen LogP contribution in [-0.2, 0) is 16.0 Å². The van der Waals surface area contributed by atoms with Crippen molar-refractivity contribution in [3.8, 4) is 11.5 Å². The van der Waals surface area contributed by atoms with Crippen LogP contribution in [-0.4, -0.2) is 55.4 Å². The molecule has 1 fully saturated rings. The first kappa shape index (κ1) is 20.4. The zero-order valence-corrected chi connectivity index (χ0v) is 16.2. The van der Waals surface area contributed by atoms with Crippen LogP contribution in [0.3, 0.4) is 0 Å². The fraction of sp³-hybridized carbons (Fsp3) is 0.579. The van der Waals surface area contributed by atoms with E-state index in [9.17, 15) is 9.59 Å². The lowest BCUT2D eigenvalue weighted by atomic mass is 10.0. The minimum atomic E-state index is -0.152. The number of alkyl halides is 1. The van der Waals surface area contributed by atoms with Crippen LogP contribution in [0.1, 0.15) is 31.7 Å². The smallest absolute Gasteiger partial charge is 0.235 e. The van der Waals surface area contributed by atoms with Crippen molar-refractivity contribution in [3.05, 3.63) is 23.8 Å². The summed E-state index contributed by atoms with van der Waals surface area (Å²) in [5, 5.41) is 2.88. The van der Waals surface area contributed by atoms with Gasteiger partial charge in [0.25, 0.3) is 0 Å². The molecule has 6 nitrogen and oxygen atoms in total. The lowest BCUT2D eigenvalue weighted by Crippen LogP contribution is -2.46. The summed E-state index contributed by atoms with van der Waals surface area (Å²) in [6, 6.07) is 5.88. The van der Waals surface area contributed by atoms with E-state index >= 15 is 0 Å². The van der Waals surface area contributed by atoms with Gasteiger partial charge in [0.15, 0.2) is 11.5 Å². The molecule has 0 radical (unpaired) electrons. The number of likely N-dealkylation sites (tertiary alicyclic amines) is 1. The molecule has 2 amide bonds. The molecule has 0 spiro atoms. The molecule has 144 valence electrons. The number of amides is 2. The van der Waals surface area contributed by atoms with E-state index in [2.05, 4.69) is 5.32 Å². The second-order valence-corrected chi connectivity index (χ2v) is 6.54. The monoisotopic (exact) mass is 382 g/mol. The standard InChI is InChI=1S/C19H27ClN2O4/c1-3-26-16-6-4-14(12-17(16)25-2)5-7-19(24)22-10-8-15(9-11-22)21-18(23)13-20/h4,6,12,15H,3,5,7-11,13H2,1-2H3,(H,21,23). The van der Waals surface area contributed by atoms with Crippen LogP contribution in [0.25, 0.3) is 0 Å². The normalized spacial score (nSPS) is 14.8. The van der Waals surface area contributed by atoms with E-state index in [-0.39, 0.29) is 23.7 Å². The number of methoxy groups -OCH3 is 1. The largest absolute Gasteiger partial charge is 0.493 e. The maximum atomic E-state index is 12.4. The first-order valence-electron chi connectivity index (χ1n) is 9.00. The average molecular weight is 383 g/mol. The molecule has 1 aliphatic rings. The molecule has 1 aromatic carbocycles. The van der Waals surface area contributed by atoms with Crippen LogP contribution in [0.2, 0.25) is 0 Å². The number of halogens is 1. The van der Waals surface area contributed by atoms with Gasteiger partial charge in [-0.2, -0.15) is 0 Å². The van der Waals surface area contributed by atoms with Gasteiger partial charge in [-0.3, -0.25) is 9.59 Å². The second kappa shape index (κ2) is 10.3. The topological polar surface area (TPSA) is 67.9 Å². The van der Waals surface area contributed by atoms with Crippen molar-refractivity contribution in [2.75, 3.05) is 32.7 Å². The Bertz CT molecular complexity index is 616. The van der Waals surface area contributed by atoms with Crippen LogP contribution in [0.15, 0.2) is 18.2 Å². The number of nitrogens with zero attached hydrogens (tertiary/aromatic N) is 1. The average Bonchev–Trinajstić information content (AvgIpc) is 2.67. The van der Waals surface area contributed by atoms with Crippen molar-refractivity contribution in [1.82, 2.24) is 10.2 Å². The summed E-state index contributed by atoms with van der Waals surface area (Å²) < 4.78 is 10.9. The molecule has 1 N–H and O–H groups in total. The lowest BCUT2D eigenvalue weighted by molar-refractivity contribution is -0.132. The van der Waals surface area contributed by atoms with E-state index in [1.54, 1.807) is 7.11 Å². The zero-order valence-electron chi connectivity index (χ0n) is 15.4. The molecular weight excluding hydrogens is 356 g/mol. The van der Waals surface area contributed by atoms with Gasteiger partial charge < -0.3 is 19.7 Å². The van der Waals surface area contributed by atoms with Gasteiger partial charge in [-0.25, -0.2) is 0 Å². The van der Waals surface area contributed by atoms with Crippen LogP contribution in [0.4, 0.5) is 0 Å². The van der Waals surface area contributed by atoms with Crippen molar-refractivity contribution in [2.45, 2.75) is 38.6 Å². The van der Waals surface area contributed by atoms with Gasteiger partial charge in [-0.15, -0.1) is 11.6 Å². The Balaban J connectivity index is 1.81. The Kier molecular flexibility index (Phi) is 8.04. The van der Waals surface area contributed by atoms with E-state index in [1.807, 2.05) is 30.0 Å². The Morgan fingerprint density at radius 3 is 2.62 bits per heavy atom. The van der Waals surface area contributed by atoms with E-state index in [4.69, 9.17) is 21.1 Å². The van der Waals surface area contributed by atoms with E-state index in [0.29, 0.717) is 44.0 Å². The van der Waals surface area contributed by atoms with Gasteiger partial charge in [0.2, 0.25) is 11.8 Å². The van der Waals surface area contributed by atoms with Crippen molar-refractivity contribution in [2.24, 2.45) is 0 Å². The molecule has 0 bridgehead atoms. The number of benzene rings is 1. The van der Waals surface area contributed by atoms with Crippen LogP contribution in [0, 0.1) is 0 Å². The maximum Gasteiger partial charge on any atom is 0.235 e. The SMILES string of the molecule is CCOc1ccc(CCC(=O)N2CCC(NC(=O)CCl)CC2)cc1OC. The summed E-state index contributed by atoms with van der Waals surface area (Å²) in [6.45, 7) is 3.84. The summed E-state index contributed by atoms with van der Waals surface area (Å²) in [5.74, 6) is 1.37. The predicted molar refractivity (Wildman–Crippen MR) is 101 cm³/mol. The number of ether oxygens (including phenoxy) is 2. The molecule has 1 aliphatic heterocycles. The van der Waals surface area contributed by atoms with Crippen molar-refractivity contribution in [1.29, 1.82) is 0 Å². The molecule has 0 aliphatic carbocycles. The first-order valence-corrected chi connectivity index (χ1v) is 9.53. The van der Waals surface area contributed by atoms with Gasteiger partial charge in [0.1, 0.15) is 5.88 Å². The molecule has 2 rings (SSSR count). The van der Waals surface area contributed by atoms with Crippen LogP contribution >= 0.6 is 11.6 Å². The Morgan fingerprint density at radius 1 is 1.27 bits per heavy atom. The summed E-state index contributed by atoms with van der Waals surface area (Å²) in [5.41, 5.74) is 1.04. The number of carbonyl (C=O) groups excluding carboxylic acids is 2. The van der Waals surface area contributed by atoms with Gasteiger partial charge in [-0.1, -0.05) is 6.07 Å². The fourth-order valence-electron chi connectivity index (χ4n) is 3.09. The predicted octanol–water partition coefficient (Wildman–Crippen LogP) is 2.37. The van der Waals surface area contributed by atoms with Crippen molar-refractivity contribution in [3.63, 3.8) is 0 Å². The highest BCUT2D eigenvalue weighted by Crippen LogP contribution is 2.28. The summed E-state index contributed by atoms with van der Waals surface area (Å²) >= 11 is 5.51. The Morgan fingerprint density at radius 2 is 2.00 bits per heavy atom. The van der Waals surface area contributed by atoms with E-state index < -0.39 is 0 Å². The number of rotatable bonds is 8. The molecule has 0 saturated carbocycles. The maximum absolute atomic E-state index is 12.4. The highest BCUT2D eigenvalue weighted by molar-refractivity contribution is 6.27. The van der Waals surface area contributed by atoms with Gasteiger partial charge in [0, 0.05) is 25.6 Å². The number of carbonyl (C=O) groups is 2. The third-order valence-corrected chi connectivity index (χ3v) is 4.73. The van der Waals surface area contributed by atoms with Crippen molar-refractivity contribution < 1.29 is 19.1 Å². The number of hydrogen-bond acceptors (Lipinski definition) is 4. The number of aryl methyl sites for hydroxylation is 1. The van der Waals surface area contributed by atoms with Gasteiger partial charge in [0.05, 0.1) is 13.7 Å². The van der Waals surface area contributed by atoms with Gasteiger partial charge in [-0.05, 0) is 43.9 Å². The van der Waals surface area contributed by atoms with E-state index in [1.165, 1.54) is 0 Å². The number of nitrogens with one attached hydrogen (secondary N) is 1. The minimum Gasteiger partial charge on any atom is -0.493 e. The fourth-order valence-corrected chi connectivity index (χ4v) is 3.17. The molecule has 1 heterocycles. The molecule has 0 aromatic heterocycles. The molecule has 7 heteroatoms.